The second-order valence-corrected chi connectivity index (χ2v) is 5.02. The summed E-state index contributed by atoms with van der Waals surface area (Å²) in [6.07, 6.45) is 0.224. The average Bonchev–Trinajstić information content (AvgIpc) is 2.30. The maximum absolute atomic E-state index is 11.0. The third kappa shape index (κ3) is 5.39. The van der Waals surface area contributed by atoms with Crippen molar-refractivity contribution in [2.45, 2.75) is 26.2 Å². The maximum Gasteiger partial charge on any atom is 0.508 e. The molecule has 94 valence electrons. The van der Waals surface area contributed by atoms with Crippen LogP contribution in [0.15, 0.2) is 24.3 Å². The van der Waals surface area contributed by atoms with Gasteiger partial charge in [-0.25, -0.2) is 4.79 Å². The number of hydrogen-bond acceptors (Lipinski definition) is 3. The van der Waals surface area contributed by atoms with Crippen molar-refractivity contribution in [3.63, 3.8) is 0 Å². The van der Waals surface area contributed by atoms with Gasteiger partial charge in [-0.05, 0) is 59.5 Å². The molecule has 0 spiro atoms. The van der Waals surface area contributed by atoms with Gasteiger partial charge in [0.05, 0.1) is 13.2 Å². The molecule has 0 aliphatic heterocycles. The Labute approximate surface area is 116 Å². The van der Waals surface area contributed by atoms with Crippen LogP contribution in [-0.4, -0.2) is 19.4 Å². The molecule has 1 aromatic rings. The Balaban J connectivity index is 2.32. The highest BCUT2D eigenvalue weighted by Crippen LogP contribution is 2.19. The molecule has 0 bridgehead atoms. The number of rotatable bonds is 5. The molecule has 17 heavy (non-hydrogen) atoms. The Kier molecular flexibility index (Phi) is 6.32. The Morgan fingerprint density at radius 2 is 1.94 bits per heavy atom. The third-order valence-electron chi connectivity index (χ3n) is 2.47. The van der Waals surface area contributed by atoms with Crippen LogP contribution >= 0.6 is 22.6 Å². The molecule has 0 unspecified atom stereocenters. The fraction of sp³-hybridized carbons (Fsp3) is 0.462. The monoisotopic (exact) mass is 348 g/mol. The minimum atomic E-state index is -0.581. The molecular formula is C13H17IO3. The zero-order valence-electron chi connectivity index (χ0n) is 10.1. The van der Waals surface area contributed by atoms with Crippen LogP contribution in [0.3, 0.4) is 0 Å². The zero-order chi connectivity index (χ0) is 12.7. The number of ether oxygens (including phenoxy) is 2. The highest BCUT2D eigenvalue weighted by atomic mass is 127. The van der Waals surface area contributed by atoms with Gasteiger partial charge in [0.1, 0.15) is 0 Å². The van der Waals surface area contributed by atoms with Gasteiger partial charge < -0.3 is 9.47 Å². The van der Waals surface area contributed by atoms with Gasteiger partial charge in [-0.15, -0.1) is 0 Å². The summed E-state index contributed by atoms with van der Waals surface area (Å²) in [5.74, 6) is 0.376. The van der Waals surface area contributed by atoms with E-state index in [-0.39, 0.29) is 0 Å². The predicted octanol–water partition coefficient (Wildman–Crippen LogP) is 3.96. The van der Waals surface area contributed by atoms with Crippen molar-refractivity contribution in [3.05, 3.63) is 33.4 Å². The highest BCUT2D eigenvalue weighted by Gasteiger charge is 2.07. The lowest BCUT2D eigenvalue weighted by atomic mass is 9.98. The number of halogens is 1. The van der Waals surface area contributed by atoms with Crippen LogP contribution in [0.25, 0.3) is 0 Å². The second-order valence-electron chi connectivity index (χ2n) is 3.77. The Hall–Kier alpha value is -0.780. The van der Waals surface area contributed by atoms with Crippen LogP contribution in [-0.2, 0) is 9.47 Å². The number of carbonyl (C=O) groups is 1. The smallest absolute Gasteiger partial charge is 0.435 e. The van der Waals surface area contributed by atoms with Gasteiger partial charge in [-0.1, -0.05) is 19.1 Å². The zero-order valence-corrected chi connectivity index (χ0v) is 12.3. The van der Waals surface area contributed by atoms with Gasteiger partial charge in [0.2, 0.25) is 0 Å². The molecule has 0 amide bonds. The van der Waals surface area contributed by atoms with Crippen LogP contribution in [0.2, 0.25) is 0 Å². The first kappa shape index (κ1) is 14.3. The molecule has 1 atom stereocenters. The normalized spacial score (nSPS) is 11.9. The highest BCUT2D eigenvalue weighted by molar-refractivity contribution is 14.1. The van der Waals surface area contributed by atoms with Crippen molar-refractivity contribution in [3.8, 4) is 0 Å². The molecular weight excluding hydrogens is 331 g/mol. The first-order chi connectivity index (χ1) is 8.13. The molecule has 0 saturated heterocycles. The molecule has 0 N–H and O–H groups in total. The van der Waals surface area contributed by atoms with E-state index in [4.69, 9.17) is 4.74 Å². The van der Waals surface area contributed by atoms with E-state index in [1.807, 2.05) is 0 Å². The Morgan fingerprint density at radius 3 is 2.53 bits per heavy atom. The topological polar surface area (TPSA) is 35.5 Å². The van der Waals surface area contributed by atoms with Gasteiger partial charge in [0.15, 0.2) is 0 Å². The molecule has 4 heteroatoms. The standard InChI is InChI=1S/C13H17IO3/c1-3-16-13(15)17-9-8-10(2)11-4-6-12(14)7-5-11/h4-7,10H,3,8-9H2,1-2H3/t10-/m1/s1. The lowest BCUT2D eigenvalue weighted by molar-refractivity contribution is 0.0573. The lowest BCUT2D eigenvalue weighted by Crippen LogP contribution is -2.09. The summed E-state index contributed by atoms with van der Waals surface area (Å²) < 4.78 is 10.8. The maximum atomic E-state index is 11.0. The molecule has 0 fully saturated rings. The Morgan fingerprint density at radius 1 is 1.29 bits per heavy atom. The van der Waals surface area contributed by atoms with E-state index in [1.54, 1.807) is 6.92 Å². The summed E-state index contributed by atoms with van der Waals surface area (Å²) in [6.45, 7) is 4.63. The number of hydrogen-bond donors (Lipinski definition) is 0. The van der Waals surface area contributed by atoms with Crippen LogP contribution in [0.4, 0.5) is 4.79 Å². The molecule has 0 aliphatic carbocycles. The molecule has 1 rings (SSSR count). The third-order valence-corrected chi connectivity index (χ3v) is 3.19. The van der Waals surface area contributed by atoms with Crippen molar-refractivity contribution in [1.82, 2.24) is 0 Å². The molecule has 0 aromatic heterocycles. The molecule has 0 heterocycles. The summed E-state index contributed by atoms with van der Waals surface area (Å²) >= 11 is 2.28. The van der Waals surface area contributed by atoms with Crippen LogP contribution in [0.1, 0.15) is 31.7 Å². The molecule has 0 saturated carbocycles. The summed E-state index contributed by atoms with van der Waals surface area (Å²) in [4.78, 5) is 11.0. The van der Waals surface area contributed by atoms with Crippen LogP contribution < -0.4 is 0 Å². The summed E-state index contributed by atoms with van der Waals surface area (Å²) in [5, 5.41) is 0. The predicted molar refractivity (Wildman–Crippen MR) is 75.2 cm³/mol. The SMILES string of the molecule is CCOC(=O)OCC[C@@H](C)c1ccc(I)cc1. The fourth-order valence-electron chi connectivity index (χ4n) is 1.44. The van der Waals surface area contributed by atoms with Gasteiger partial charge in [0.25, 0.3) is 0 Å². The van der Waals surface area contributed by atoms with E-state index in [1.165, 1.54) is 9.13 Å². The average molecular weight is 348 g/mol. The fourth-order valence-corrected chi connectivity index (χ4v) is 1.80. The van der Waals surface area contributed by atoms with Gasteiger partial charge >= 0.3 is 6.16 Å². The van der Waals surface area contributed by atoms with Crippen LogP contribution in [0, 0.1) is 3.57 Å². The number of carbonyl (C=O) groups excluding carboxylic acids is 1. The van der Waals surface area contributed by atoms with Crippen LogP contribution in [0.5, 0.6) is 0 Å². The minimum Gasteiger partial charge on any atom is -0.435 e. The van der Waals surface area contributed by atoms with E-state index in [2.05, 4.69) is 58.5 Å². The minimum absolute atomic E-state index is 0.353. The van der Waals surface area contributed by atoms with E-state index < -0.39 is 6.16 Å². The lowest BCUT2D eigenvalue weighted by Gasteiger charge is -2.12. The largest absolute Gasteiger partial charge is 0.508 e. The first-order valence-corrected chi connectivity index (χ1v) is 6.76. The van der Waals surface area contributed by atoms with Gasteiger partial charge in [0, 0.05) is 3.57 Å². The molecule has 3 nitrogen and oxygen atoms in total. The molecule has 0 radical (unpaired) electrons. The van der Waals surface area contributed by atoms with Crippen molar-refractivity contribution >= 4 is 28.7 Å². The van der Waals surface area contributed by atoms with Crippen molar-refractivity contribution < 1.29 is 14.3 Å². The quantitative estimate of drug-likeness (QED) is 0.597. The van der Waals surface area contributed by atoms with Gasteiger partial charge in [-0.3, -0.25) is 0 Å². The van der Waals surface area contributed by atoms with E-state index >= 15 is 0 Å². The molecule has 0 aliphatic rings. The summed E-state index contributed by atoms with van der Waals surface area (Å²) in [6, 6.07) is 8.38. The Bertz CT molecular complexity index is 348. The second kappa shape index (κ2) is 7.53. The van der Waals surface area contributed by atoms with E-state index in [0.717, 1.165) is 6.42 Å². The number of benzene rings is 1. The van der Waals surface area contributed by atoms with Crippen molar-refractivity contribution in [2.24, 2.45) is 0 Å². The molecule has 1 aromatic carbocycles. The van der Waals surface area contributed by atoms with E-state index in [0.29, 0.717) is 19.1 Å². The summed E-state index contributed by atoms with van der Waals surface area (Å²) in [5.41, 5.74) is 1.26. The van der Waals surface area contributed by atoms with Gasteiger partial charge in [-0.2, -0.15) is 0 Å². The first-order valence-electron chi connectivity index (χ1n) is 5.68. The van der Waals surface area contributed by atoms with E-state index in [9.17, 15) is 4.79 Å². The van der Waals surface area contributed by atoms with Crippen molar-refractivity contribution in [1.29, 1.82) is 0 Å². The van der Waals surface area contributed by atoms with Crippen molar-refractivity contribution in [2.75, 3.05) is 13.2 Å². The summed E-state index contributed by atoms with van der Waals surface area (Å²) in [7, 11) is 0.